The number of benzene rings is 1. The Balaban J connectivity index is 2.48. The molecule has 0 saturated heterocycles. The number of hydrogen-bond donors (Lipinski definition) is 0. The number of hydrogen-bond acceptors (Lipinski definition) is 2. The first-order chi connectivity index (χ1) is 6.98. The summed E-state index contributed by atoms with van der Waals surface area (Å²) in [5.41, 5.74) is 3.07. The minimum atomic E-state index is 0.0657. The number of rotatable bonds is 0. The highest BCUT2D eigenvalue weighted by atomic mass is 16.5. The normalized spacial score (nSPS) is 16.0. The number of fused-ring (bicyclic) bond motifs is 1. The first kappa shape index (κ1) is 10.2. The predicted octanol–water partition coefficient (Wildman–Crippen LogP) is 3.43. The van der Waals surface area contributed by atoms with Crippen molar-refractivity contribution >= 4 is 11.8 Å². The fourth-order valence-corrected chi connectivity index (χ4v) is 1.76. The molecule has 0 radical (unpaired) electrons. The Morgan fingerprint density at radius 1 is 1.20 bits per heavy atom. The van der Waals surface area contributed by atoms with E-state index in [-0.39, 0.29) is 5.41 Å². The summed E-state index contributed by atoms with van der Waals surface area (Å²) in [6, 6.07) is 7.73. The Morgan fingerprint density at radius 3 is 2.53 bits per heavy atom. The zero-order valence-corrected chi connectivity index (χ0v) is 9.45. The van der Waals surface area contributed by atoms with Crippen molar-refractivity contribution in [3.8, 4) is 0 Å². The minimum Gasteiger partial charge on any atom is -0.758 e. The molecule has 0 aliphatic carbocycles. The lowest BCUT2D eigenvalue weighted by molar-refractivity contribution is 0.496. The van der Waals surface area contributed by atoms with Crippen molar-refractivity contribution in [3.63, 3.8) is 0 Å². The van der Waals surface area contributed by atoms with Crippen LogP contribution in [-0.2, 0) is 0 Å². The highest BCUT2D eigenvalue weighted by Crippen LogP contribution is 2.35. The average Bonchev–Trinajstić information content (AvgIpc) is 2.16. The van der Waals surface area contributed by atoms with E-state index in [0.29, 0.717) is 6.54 Å². The van der Waals surface area contributed by atoms with Gasteiger partial charge in [0, 0.05) is 12.2 Å². The molecular weight excluding hydrogens is 186 g/mol. The summed E-state index contributed by atoms with van der Waals surface area (Å²) >= 11 is 0. The van der Waals surface area contributed by atoms with Crippen LogP contribution in [0.15, 0.2) is 29.8 Å². The lowest BCUT2D eigenvalue weighted by Gasteiger charge is -2.40. The van der Waals surface area contributed by atoms with Crippen LogP contribution in [0.3, 0.4) is 0 Å². The van der Waals surface area contributed by atoms with Crippen molar-refractivity contribution < 1.29 is 0 Å². The van der Waals surface area contributed by atoms with E-state index in [2.05, 4.69) is 26.8 Å². The molecule has 0 bridgehead atoms. The fourth-order valence-electron chi connectivity index (χ4n) is 1.76. The first-order valence-corrected chi connectivity index (χ1v) is 5.23. The second-order valence-corrected chi connectivity index (χ2v) is 5.02. The average molecular weight is 202 g/mol. The van der Waals surface area contributed by atoms with Gasteiger partial charge in [0.25, 0.3) is 0 Å². The first-order valence-electron chi connectivity index (χ1n) is 5.23. The van der Waals surface area contributed by atoms with Gasteiger partial charge in [0.05, 0.1) is 0 Å². The van der Waals surface area contributed by atoms with Crippen LogP contribution in [0.1, 0.15) is 26.3 Å². The minimum absolute atomic E-state index is 0.0657. The molecule has 1 aromatic rings. The smallest absolute Gasteiger partial charge is 0.0335 e. The van der Waals surface area contributed by atoms with Gasteiger partial charge in [-0.15, -0.1) is 0 Å². The molecule has 2 nitrogen and oxygen atoms in total. The van der Waals surface area contributed by atoms with E-state index in [1.54, 1.807) is 0 Å². The Morgan fingerprint density at radius 2 is 1.87 bits per heavy atom. The number of para-hydroxylation sites is 1. The van der Waals surface area contributed by atoms with Crippen LogP contribution in [-0.4, -0.2) is 6.54 Å². The lowest BCUT2D eigenvalue weighted by atomic mass is 9.83. The molecule has 0 N–H and O–H groups in total. The van der Waals surface area contributed by atoms with Crippen molar-refractivity contribution in [1.29, 1.82) is 0 Å². The maximum Gasteiger partial charge on any atom is 0.0335 e. The zero-order chi connectivity index (χ0) is 11.1. The number of nitrogens with zero attached hydrogens (tertiary/aromatic N) is 1. The maximum absolute atomic E-state index is 11.8. The van der Waals surface area contributed by atoms with Gasteiger partial charge in [-0.1, -0.05) is 45.0 Å². The van der Waals surface area contributed by atoms with E-state index in [4.69, 9.17) is 0 Å². The molecule has 0 fully saturated rings. The molecule has 2 heteroatoms. The summed E-state index contributed by atoms with van der Waals surface area (Å²) in [4.78, 5) is 0. The lowest BCUT2D eigenvalue weighted by Crippen LogP contribution is -2.27. The second-order valence-electron chi connectivity index (χ2n) is 5.02. The highest BCUT2D eigenvalue weighted by Gasteiger charge is 2.21. The molecule has 1 aromatic carbocycles. The van der Waals surface area contributed by atoms with E-state index in [9.17, 15) is 5.21 Å². The fraction of sp³-hybridized carbons (Fsp3) is 0.385. The molecule has 0 atom stereocenters. The van der Waals surface area contributed by atoms with Crippen molar-refractivity contribution in [1.82, 2.24) is 0 Å². The van der Waals surface area contributed by atoms with Gasteiger partial charge in [0.2, 0.25) is 0 Å². The number of hydroxylamine groups is 1. The summed E-state index contributed by atoms with van der Waals surface area (Å²) in [7, 11) is 0. The van der Waals surface area contributed by atoms with Crippen LogP contribution in [0.25, 0.3) is 6.08 Å². The number of anilines is 1. The zero-order valence-electron chi connectivity index (χ0n) is 9.45. The van der Waals surface area contributed by atoms with Crippen LogP contribution in [0.2, 0.25) is 0 Å². The van der Waals surface area contributed by atoms with Crippen molar-refractivity contribution in [2.75, 3.05) is 11.6 Å². The van der Waals surface area contributed by atoms with Crippen LogP contribution in [0.4, 0.5) is 5.69 Å². The standard InChI is InChI=1S/C13H16NO/c1-13(2,3)11-8-10-6-4-5-7-12(10)14(15)9-11/h4-8H,9H2,1-3H3/q-1. The molecular formula is C13H16NO-. The van der Waals surface area contributed by atoms with E-state index in [0.717, 1.165) is 16.3 Å². The van der Waals surface area contributed by atoms with Crippen molar-refractivity contribution in [2.45, 2.75) is 20.8 Å². The molecule has 80 valence electrons. The summed E-state index contributed by atoms with van der Waals surface area (Å²) in [6.07, 6.45) is 2.14. The Bertz CT molecular complexity index is 401. The molecule has 0 saturated carbocycles. The third-order valence-electron chi connectivity index (χ3n) is 2.81. The maximum atomic E-state index is 11.8. The van der Waals surface area contributed by atoms with Crippen molar-refractivity contribution in [2.24, 2.45) is 5.41 Å². The van der Waals surface area contributed by atoms with Gasteiger partial charge < -0.3 is 10.3 Å². The summed E-state index contributed by atoms with van der Waals surface area (Å²) in [6.45, 7) is 6.91. The highest BCUT2D eigenvalue weighted by molar-refractivity contribution is 5.74. The molecule has 1 aliphatic rings. The van der Waals surface area contributed by atoms with E-state index in [1.807, 2.05) is 24.3 Å². The molecule has 0 spiro atoms. The van der Waals surface area contributed by atoms with Crippen LogP contribution in [0, 0.1) is 10.6 Å². The molecule has 0 aromatic heterocycles. The largest absolute Gasteiger partial charge is 0.758 e. The van der Waals surface area contributed by atoms with Crippen LogP contribution >= 0.6 is 0 Å². The molecule has 0 unspecified atom stereocenters. The molecule has 1 heterocycles. The molecule has 1 aliphatic heterocycles. The topological polar surface area (TPSA) is 26.3 Å². The Labute approximate surface area is 90.8 Å². The molecule has 0 amide bonds. The van der Waals surface area contributed by atoms with Gasteiger partial charge in [-0.3, -0.25) is 0 Å². The Hall–Kier alpha value is -1.28. The second kappa shape index (κ2) is 3.38. The molecule has 15 heavy (non-hydrogen) atoms. The van der Waals surface area contributed by atoms with Gasteiger partial charge in [0.15, 0.2) is 0 Å². The quantitative estimate of drug-likeness (QED) is 0.644. The van der Waals surface area contributed by atoms with Crippen LogP contribution in [0.5, 0.6) is 0 Å². The van der Waals surface area contributed by atoms with Crippen molar-refractivity contribution in [3.05, 3.63) is 40.6 Å². The van der Waals surface area contributed by atoms with Gasteiger partial charge in [0.1, 0.15) is 0 Å². The third kappa shape index (κ3) is 1.90. The van der Waals surface area contributed by atoms with Gasteiger partial charge >= 0.3 is 0 Å². The van der Waals surface area contributed by atoms with Gasteiger partial charge in [-0.25, -0.2) is 0 Å². The third-order valence-corrected chi connectivity index (χ3v) is 2.81. The summed E-state index contributed by atoms with van der Waals surface area (Å²) in [5.74, 6) is 0. The summed E-state index contributed by atoms with van der Waals surface area (Å²) < 4.78 is 0. The summed E-state index contributed by atoms with van der Waals surface area (Å²) in [5, 5.41) is 12.9. The monoisotopic (exact) mass is 202 g/mol. The van der Waals surface area contributed by atoms with Crippen LogP contribution < -0.4 is 5.06 Å². The Kier molecular flexibility index (Phi) is 2.31. The van der Waals surface area contributed by atoms with E-state index >= 15 is 0 Å². The van der Waals surface area contributed by atoms with E-state index < -0.39 is 0 Å². The molecule has 2 rings (SSSR count). The SMILES string of the molecule is CC(C)(C)C1=Cc2ccccc2N([O-])C1. The van der Waals surface area contributed by atoms with Gasteiger partial charge in [-0.05, 0) is 22.6 Å². The van der Waals surface area contributed by atoms with Gasteiger partial charge in [-0.2, -0.15) is 0 Å². The van der Waals surface area contributed by atoms with E-state index in [1.165, 1.54) is 5.57 Å². The predicted molar refractivity (Wildman–Crippen MR) is 64.6 cm³/mol.